The van der Waals surface area contributed by atoms with Gasteiger partial charge in [0.1, 0.15) is 5.75 Å². The molecule has 0 radical (unpaired) electrons. The van der Waals surface area contributed by atoms with Crippen LogP contribution in [0.25, 0.3) is 16.5 Å². The summed E-state index contributed by atoms with van der Waals surface area (Å²) in [5, 5.41) is 2.03. The fraction of sp³-hybridized carbons (Fsp3) is 0. The van der Waals surface area contributed by atoms with Crippen LogP contribution in [0.1, 0.15) is 15.9 Å². The van der Waals surface area contributed by atoms with Gasteiger partial charge in [-0.15, -0.1) is 11.3 Å². The molecule has 2 heterocycles. The molecule has 4 heteroatoms. The topological polar surface area (TPSA) is 52.3 Å². The number of hydrogen-bond acceptors (Lipinski definition) is 3. The molecule has 2 N–H and O–H groups in total. The number of nitrogens with two attached hydrogens (primary N) is 1. The number of thiophene rings is 1. The standard InChI is InChI=1S/C13H9NO2S/c14-13(15)9-1-2-10-11(7-9)16-5-3-8-4-6-17-12(8)10/h1-7H,(H2,14,15). The SMILES string of the molecule is NC(=O)c1ccc2c(c1)OC=Cc1ccsc1-2. The van der Waals surface area contributed by atoms with Gasteiger partial charge in [0, 0.05) is 16.0 Å². The predicted molar refractivity (Wildman–Crippen MR) is 67.9 cm³/mol. The van der Waals surface area contributed by atoms with Gasteiger partial charge in [-0.3, -0.25) is 4.79 Å². The van der Waals surface area contributed by atoms with Crippen molar-refractivity contribution in [2.24, 2.45) is 5.73 Å². The van der Waals surface area contributed by atoms with E-state index in [1.807, 2.05) is 23.6 Å². The fourth-order valence-corrected chi connectivity index (χ4v) is 2.73. The zero-order chi connectivity index (χ0) is 11.8. The van der Waals surface area contributed by atoms with Gasteiger partial charge in [-0.05, 0) is 41.3 Å². The lowest BCUT2D eigenvalue weighted by Crippen LogP contribution is -2.10. The number of benzene rings is 1. The number of rotatable bonds is 1. The summed E-state index contributed by atoms with van der Waals surface area (Å²) in [6, 6.07) is 7.31. The van der Waals surface area contributed by atoms with Gasteiger partial charge in [0.15, 0.2) is 0 Å². The van der Waals surface area contributed by atoms with Crippen molar-refractivity contribution < 1.29 is 9.53 Å². The van der Waals surface area contributed by atoms with Crippen LogP contribution in [0.15, 0.2) is 35.9 Å². The van der Waals surface area contributed by atoms with Crippen molar-refractivity contribution in [1.29, 1.82) is 0 Å². The number of fused-ring (bicyclic) bond motifs is 3. The second-order valence-corrected chi connectivity index (χ2v) is 4.62. The summed E-state index contributed by atoms with van der Waals surface area (Å²) in [5.74, 6) is 0.217. The smallest absolute Gasteiger partial charge is 0.248 e. The average Bonchev–Trinajstić information content (AvgIpc) is 2.71. The van der Waals surface area contributed by atoms with E-state index >= 15 is 0 Å². The van der Waals surface area contributed by atoms with Gasteiger partial charge in [0.05, 0.1) is 6.26 Å². The molecule has 0 aliphatic carbocycles. The number of primary amides is 1. The number of carbonyl (C=O) groups is 1. The highest BCUT2D eigenvalue weighted by molar-refractivity contribution is 7.13. The maximum absolute atomic E-state index is 11.1. The minimum atomic E-state index is -0.448. The van der Waals surface area contributed by atoms with Crippen molar-refractivity contribution in [2.45, 2.75) is 0 Å². The predicted octanol–water partition coefficient (Wildman–Crippen LogP) is 2.88. The van der Waals surface area contributed by atoms with Crippen LogP contribution in [-0.4, -0.2) is 5.91 Å². The summed E-state index contributed by atoms with van der Waals surface area (Å²) >= 11 is 1.65. The van der Waals surface area contributed by atoms with Crippen molar-refractivity contribution in [3.05, 3.63) is 47.0 Å². The van der Waals surface area contributed by atoms with E-state index in [0.717, 1.165) is 16.0 Å². The summed E-state index contributed by atoms with van der Waals surface area (Å²) in [6.45, 7) is 0. The molecule has 1 aromatic carbocycles. The minimum absolute atomic E-state index is 0.448. The van der Waals surface area contributed by atoms with Gasteiger partial charge in [-0.2, -0.15) is 0 Å². The van der Waals surface area contributed by atoms with E-state index in [9.17, 15) is 4.79 Å². The fourth-order valence-electron chi connectivity index (χ4n) is 1.81. The third-order valence-electron chi connectivity index (χ3n) is 2.65. The van der Waals surface area contributed by atoms with Crippen molar-refractivity contribution in [2.75, 3.05) is 0 Å². The Balaban J connectivity index is 2.22. The van der Waals surface area contributed by atoms with Crippen molar-refractivity contribution in [1.82, 2.24) is 0 Å². The maximum atomic E-state index is 11.1. The van der Waals surface area contributed by atoms with Gasteiger partial charge in [0.2, 0.25) is 5.91 Å². The van der Waals surface area contributed by atoms with Crippen molar-refractivity contribution in [3.8, 4) is 16.2 Å². The molecule has 0 unspecified atom stereocenters. The molecule has 0 saturated heterocycles. The normalized spacial score (nSPS) is 12.2. The van der Waals surface area contributed by atoms with Crippen molar-refractivity contribution in [3.63, 3.8) is 0 Å². The Morgan fingerprint density at radius 2 is 2.18 bits per heavy atom. The molecule has 0 saturated carbocycles. The van der Waals surface area contributed by atoms with Gasteiger partial charge in [-0.1, -0.05) is 0 Å². The van der Waals surface area contributed by atoms with Crippen LogP contribution in [0.3, 0.4) is 0 Å². The zero-order valence-corrected chi connectivity index (χ0v) is 9.66. The summed E-state index contributed by atoms with van der Waals surface area (Å²) in [7, 11) is 0. The summed E-state index contributed by atoms with van der Waals surface area (Å²) in [5.41, 5.74) is 7.82. The van der Waals surface area contributed by atoms with Crippen molar-refractivity contribution >= 4 is 23.3 Å². The second-order valence-electron chi connectivity index (χ2n) is 3.70. The average molecular weight is 243 g/mol. The molecule has 1 amide bonds. The third-order valence-corrected chi connectivity index (χ3v) is 3.61. The van der Waals surface area contributed by atoms with E-state index in [-0.39, 0.29) is 0 Å². The van der Waals surface area contributed by atoms with Crippen LogP contribution in [0, 0.1) is 0 Å². The number of hydrogen-bond donors (Lipinski definition) is 1. The lowest BCUT2D eigenvalue weighted by Gasteiger charge is -2.07. The van der Waals surface area contributed by atoms with Crippen LogP contribution in [0.4, 0.5) is 0 Å². The number of ether oxygens (including phenoxy) is 1. The Morgan fingerprint density at radius 3 is 3.00 bits per heavy atom. The van der Waals surface area contributed by atoms with E-state index in [1.54, 1.807) is 29.7 Å². The molecule has 0 spiro atoms. The molecule has 0 fully saturated rings. The van der Waals surface area contributed by atoms with E-state index in [1.165, 1.54) is 0 Å². The lowest BCUT2D eigenvalue weighted by atomic mass is 10.1. The molecule has 2 aromatic rings. The lowest BCUT2D eigenvalue weighted by molar-refractivity contribution is 0.1000. The van der Waals surface area contributed by atoms with E-state index in [2.05, 4.69) is 0 Å². The Labute approximate surface area is 102 Å². The molecule has 84 valence electrons. The van der Waals surface area contributed by atoms with Crippen LogP contribution in [0.5, 0.6) is 5.75 Å². The van der Waals surface area contributed by atoms with Gasteiger partial charge >= 0.3 is 0 Å². The van der Waals surface area contributed by atoms with Crippen LogP contribution in [-0.2, 0) is 0 Å². The monoisotopic (exact) mass is 243 g/mol. The van der Waals surface area contributed by atoms with E-state index in [0.29, 0.717) is 11.3 Å². The van der Waals surface area contributed by atoms with E-state index < -0.39 is 5.91 Å². The van der Waals surface area contributed by atoms with Crippen LogP contribution < -0.4 is 10.5 Å². The summed E-state index contributed by atoms with van der Waals surface area (Å²) in [6.07, 6.45) is 3.54. The quantitative estimate of drug-likeness (QED) is 0.837. The largest absolute Gasteiger partial charge is 0.464 e. The molecule has 0 bridgehead atoms. The Hall–Kier alpha value is -2.07. The highest BCUT2D eigenvalue weighted by Gasteiger charge is 2.15. The Morgan fingerprint density at radius 1 is 1.29 bits per heavy atom. The van der Waals surface area contributed by atoms with Crippen LogP contribution >= 0.6 is 11.3 Å². The molecule has 17 heavy (non-hydrogen) atoms. The van der Waals surface area contributed by atoms with Crippen LogP contribution in [0.2, 0.25) is 0 Å². The Kier molecular flexibility index (Phi) is 2.23. The first-order valence-corrected chi connectivity index (χ1v) is 5.98. The summed E-state index contributed by atoms with van der Waals surface area (Å²) < 4.78 is 5.50. The Bertz CT molecular complexity index is 628. The first kappa shape index (κ1) is 10.1. The minimum Gasteiger partial charge on any atom is -0.464 e. The molecular formula is C13H9NO2S. The molecule has 3 nitrogen and oxygen atoms in total. The number of amides is 1. The molecule has 0 atom stereocenters. The molecule has 1 aliphatic heterocycles. The van der Waals surface area contributed by atoms with Gasteiger partial charge < -0.3 is 10.5 Å². The summed E-state index contributed by atoms with van der Waals surface area (Å²) in [4.78, 5) is 12.3. The highest BCUT2D eigenvalue weighted by atomic mass is 32.1. The molecule has 3 rings (SSSR count). The van der Waals surface area contributed by atoms with Gasteiger partial charge in [-0.25, -0.2) is 0 Å². The molecule has 1 aliphatic rings. The zero-order valence-electron chi connectivity index (χ0n) is 8.84. The van der Waals surface area contributed by atoms with Gasteiger partial charge in [0.25, 0.3) is 0 Å². The number of carbonyl (C=O) groups excluding carboxylic acids is 1. The maximum Gasteiger partial charge on any atom is 0.248 e. The van der Waals surface area contributed by atoms with E-state index in [4.69, 9.17) is 10.5 Å². The first-order chi connectivity index (χ1) is 8.25. The first-order valence-electron chi connectivity index (χ1n) is 5.10. The molecule has 1 aromatic heterocycles. The highest BCUT2D eigenvalue weighted by Crippen LogP contribution is 2.39. The second kappa shape index (κ2) is 3.75. The molecular weight excluding hydrogens is 234 g/mol. The third kappa shape index (κ3) is 1.62.